The summed E-state index contributed by atoms with van der Waals surface area (Å²) in [5.41, 5.74) is 1.94. The van der Waals surface area contributed by atoms with Gasteiger partial charge in [0.15, 0.2) is 0 Å². The lowest BCUT2D eigenvalue weighted by atomic mass is 9.85. The third kappa shape index (κ3) is 4.57. The lowest BCUT2D eigenvalue weighted by Gasteiger charge is -2.39. The molecule has 1 aromatic carbocycles. The fraction of sp³-hybridized carbons (Fsp3) is 0.409. The number of aromatic amines is 1. The zero-order valence-corrected chi connectivity index (χ0v) is 17.4. The molecule has 1 amide bonds. The molecule has 0 aliphatic carbocycles. The molecule has 152 valence electrons. The van der Waals surface area contributed by atoms with E-state index in [1.165, 1.54) is 16.9 Å². The standard InChI is InChI=1S/C22H26N4O2S/c1-2-6-20(27)24-18-13-26(11-9-16(18)15-7-4-3-5-8-15)14-19-23-17-10-12-29-21(17)22(28)25-19/h3-5,7-8,10,12,16,18H,2,6,9,11,13-14H2,1H3,(H,24,27)(H,23,25,28)/t16-,18-/m0/s1. The molecule has 2 aromatic heterocycles. The highest BCUT2D eigenvalue weighted by atomic mass is 32.1. The summed E-state index contributed by atoms with van der Waals surface area (Å²) in [6.45, 7) is 4.22. The van der Waals surface area contributed by atoms with Crippen LogP contribution in [0.4, 0.5) is 0 Å². The van der Waals surface area contributed by atoms with Crippen molar-refractivity contribution in [2.24, 2.45) is 0 Å². The van der Waals surface area contributed by atoms with E-state index in [0.717, 1.165) is 31.4 Å². The first-order valence-corrected chi connectivity index (χ1v) is 11.0. The molecule has 2 N–H and O–H groups in total. The molecule has 1 aliphatic heterocycles. The number of aromatic nitrogens is 2. The van der Waals surface area contributed by atoms with Gasteiger partial charge in [0, 0.05) is 24.9 Å². The van der Waals surface area contributed by atoms with Crippen LogP contribution in [0.2, 0.25) is 0 Å². The van der Waals surface area contributed by atoms with Gasteiger partial charge in [-0.15, -0.1) is 11.3 Å². The van der Waals surface area contributed by atoms with Gasteiger partial charge in [0.05, 0.1) is 12.1 Å². The van der Waals surface area contributed by atoms with Gasteiger partial charge in [-0.3, -0.25) is 14.5 Å². The molecular weight excluding hydrogens is 384 g/mol. The normalized spacial score (nSPS) is 20.0. The smallest absolute Gasteiger partial charge is 0.268 e. The van der Waals surface area contributed by atoms with Crippen molar-refractivity contribution in [1.29, 1.82) is 0 Å². The zero-order chi connectivity index (χ0) is 20.2. The number of thiophene rings is 1. The quantitative estimate of drug-likeness (QED) is 0.654. The number of carbonyl (C=O) groups excluding carboxylic acids is 1. The number of likely N-dealkylation sites (tertiary alicyclic amines) is 1. The Morgan fingerprint density at radius 2 is 2.14 bits per heavy atom. The van der Waals surface area contributed by atoms with Crippen LogP contribution in [0.1, 0.15) is 43.5 Å². The van der Waals surface area contributed by atoms with E-state index in [4.69, 9.17) is 0 Å². The number of benzene rings is 1. The van der Waals surface area contributed by atoms with Gasteiger partial charge in [0.25, 0.3) is 5.56 Å². The molecule has 0 bridgehead atoms. The van der Waals surface area contributed by atoms with Gasteiger partial charge < -0.3 is 10.3 Å². The van der Waals surface area contributed by atoms with Crippen LogP contribution in [0.3, 0.4) is 0 Å². The molecule has 3 aromatic rings. The highest BCUT2D eigenvalue weighted by Gasteiger charge is 2.31. The molecule has 0 radical (unpaired) electrons. The second kappa shape index (κ2) is 8.88. The molecule has 3 heterocycles. The third-order valence-corrected chi connectivity index (χ3v) is 6.39. The maximum absolute atomic E-state index is 12.3. The van der Waals surface area contributed by atoms with Gasteiger partial charge in [-0.1, -0.05) is 37.3 Å². The molecular formula is C22H26N4O2S. The Hall–Kier alpha value is -2.51. The number of carbonyl (C=O) groups is 1. The number of piperidine rings is 1. The minimum absolute atomic E-state index is 0.0433. The number of amides is 1. The Balaban J connectivity index is 1.52. The molecule has 4 rings (SSSR count). The second-order valence-electron chi connectivity index (χ2n) is 7.61. The summed E-state index contributed by atoms with van der Waals surface area (Å²) in [4.78, 5) is 34.4. The SMILES string of the molecule is CCCC(=O)N[C@H]1CN(Cc2nc3ccsc3c(=O)[nH]2)CC[C@H]1c1ccccc1. The summed E-state index contributed by atoms with van der Waals surface area (Å²) in [6.07, 6.45) is 2.33. The van der Waals surface area contributed by atoms with E-state index in [1.54, 1.807) is 0 Å². The Kier molecular flexibility index (Phi) is 6.06. The Bertz CT molecular complexity index is 1030. The molecule has 1 fully saturated rings. The maximum atomic E-state index is 12.3. The molecule has 7 heteroatoms. The summed E-state index contributed by atoms with van der Waals surface area (Å²) < 4.78 is 0.668. The number of fused-ring (bicyclic) bond motifs is 1. The fourth-order valence-corrected chi connectivity index (χ4v) is 4.85. The van der Waals surface area contributed by atoms with Crippen LogP contribution in [0, 0.1) is 0 Å². The summed E-state index contributed by atoms with van der Waals surface area (Å²) >= 11 is 1.41. The minimum Gasteiger partial charge on any atom is -0.351 e. The number of H-pyrrole nitrogens is 1. The lowest BCUT2D eigenvalue weighted by Crippen LogP contribution is -2.51. The van der Waals surface area contributed by atoms with Crippen LogP contribution < -0.4 is 10.9 Å². The van der Waals surface area contributed by atoms with Crippen LogP contribution in [0.5, 0.6) is 0 Å². The van der Waals surface area contributed by atoms with E-state index in [9.17, 15) is 9.59 Å². The van der Waals surface area contributed by atoms with Crippen molar-refractivity contribution >= 4 is 27.5 Å². The number of rotatable bonds is 6. The van der Waals surface area contributed by atoms with E-state index < -0.39 is 0 Å². The second-order valence-corrected chi connectivity index (χ2v) is 8.53. The van der Waals surface area contributed by atoms with E-state index in [0.29, 0.717) is 29.4 Å². The van der Waals surface area contributed by atoms with Crippen molar-refractivity contribution in [3.63, 3.8) is 0 Å². The molecule has 0 unspecified atom stereocenters. The maximum Gasteiger partial charge on any atom is 0.268 e. The van der Waals surface area contributed by atoms with Crippen molar-refractivity contribution < 1.29 is 4.79 Å². The summed E-state index contributed by atoms with van der Waals surface area (Å²) in [7, 11) is 0. The van der Waals surface area contributed by atoms with Crippen LogP contribution in [0.15, 0.2) is 46.6 Å². The van der Waals surface area contributed by atoms with E-state index in [-0.39, 0.29) is 17.5 Å². The Morgan fingerprint density at radius 1 is 1.31 bits per heavy atom. The van der Waals surface area contributed by atoms with Crippen molar-refractivity contribution in [3.05, 3.63) is 63.5 Å². The highest BCUT2D eigenvalue weighted by molar-refractivity contribution is 7.17. The fourth-order valence-electron chi connectivity index (χ4n) is 4.12. The highest BCUT2D eigenvalue weighted by Crippen LogP contribution is 2.29. The van der Waals surface area contributed by atoms with Crippen LogP contribution in [-0.2, 0) is 11.3 Å². The number of nitrogens with zero attached hydrogens (tertiary/aromatic N) is 2. The first-order chi connectivity index (χ1) is 14.1. The van der Waals surface area contributed by atoms with Gasteiger partial charge in [-0.2, -0.15) is 0 Å². The first kappa shape index (κ1) is 19.8. The topological polar surface area (TPSA) is 78.1 Å². The van der Waals surface area contributed by atoms with Gasteiger partial charge in [0.2, 0.25) is 5.91 Å². The first-order valence-electron chi connectivity index (χ1n) is 10.2. The van der Waals surface area contributed by atoms with Gasteiger partial charge in [-0.25, -0.2) is 4.98 Å². The van der Waals surface area contributed by atoms with Gasteiger partial charge in [0.1, 0.15) is 10.5 Å². The number of hydrogen-bond donors (Lipinski definition) is 2. The molecule has 6 nitrogen and oxygen atoms in total. The monoisotopic (exact) mass is 410 g/mol. The molecule has 2 atom stereocenters. The average molecular weight is 411 g/mol. The van der Waals surface area contributed by atoms with Crippen LogP contribution >= 0.6 is 11.3 Å². The predicted octanol–water partition coefficient (Wildman–Crippen LogP) is 3.26. The third-order valence-electron chi connectivity index (χ3n) is 5.49. The summed E-state index contributed by atoms with van der Waals surface area (Å²) in [5.74, 6) is 1.07. The van der Waals surface area contributed by atoms with Gasteiger partial charge in [-0.05, 0) is 36.4 Å². The van der Waals surface area contributed by atoms with E-state index in [2.05, 4.69) is 44.5 Å². The molecule has 0 spiro atoms. The van der Waals surface area contributed by atoms with Crippen molar-refractivity contribution in [2.75, 3.05) is 13.1 Å². The zero-order valence-electron chi connectivity index (χ0n) is 16.6. The van der Waals surface area contributed by atoms with Crippen molar-refractivity contribution in [2.45, 2.75) is 44.7 Å². The Morgan fingerprint density at radius 3 is 2.93 bits per heavy atom. The van der Waals surface area contributed by atoms with Gasteiger partial charge >= 0.3 is 0 Å². The number of hydrogen-bond acceptors (Lipinski definition) is 5. The molecule has 0 saturated carbocycles. The molecule has 1 aliphatic rings. The average Bonchev–Trinajstić information content (AvgIpc) is 3.18. The van der Waals surface area contributed by atoms with Crippen molar-refractivity contribution in [3.8, 4) is 0 Å². The molecule has 1 saturated heterocycles. The summed E-state index contributed by atoms with van der Waals surface area (Å²) in [6, 6.07) is 12.3. The van der Waals surface area contributed by atoms with E-state index in [1.807, 2.05) is 24.4 Å². The largest absolute Gasteiger partial charge is 0.351 e. The van der Waals surface area contributed by atoms with Crippen molar-refractivity contribution in [1.82, 2.24) is 20.2 Å². The van der Waals surface area contributed by atoms with E-state index >= 15 is 0 Å². The van der Waals surface area contributed by atoms with Crippen LogP contribution in [0.25, 0.3) is 10.2 Å². The lowest BCUT2D eigenvalue weighted by molar-refractivity contribution is -0.122. The molecule has 29 heavy (non-hydrogen) atoms. The predicted molar refractivity (Wildman–Crippen MR) is 116 cm³/mol. The summed E-state index contributed by atoms with van der Waals surface area (Å²) in [5, 5.41) is 5.14. The van der Waals surface area contributed by atoms with Crippen LogP contribution in [-0.4, -0.2) is 39.9 Å². The number of nitrogens with one attached hydrogen (secondary N) is 2. The Labute approximate surface area is 174 Å². The minimum atomic E-state index is -0.0769.